The third kappa shape index (κ3) is 2.10. The first-order valence-electron chi connectivity index (χ1n) is 7.03. The van der Waals surface area contributed by atoms with E-state index < -0.39 is 0 Å². The average Bonchev–Trinajstić information content (AvgIpc) is 2.17. The van der Waals surface area contributed by atoms with Crippen LogP contribution in [0.15, 0.2) is 0 Å². The van der Waals surface area contributed by atoms with Gasteiger partial charge in [0.1, 0.15) is 0 Å². The Morgan fingerprint density at radius 3 is 2.53 bits per heavy atom. The van der Waals surface area contributed by atoms with E-state index >= 15 is 0 Å². The lowest BCUT2D eigenvalue weighted by Gasteiger charge is -2.51. The second-order valence-corrected chi connectivity index (χ2v) is 6.91. The summed E-state index contributed by atoms with van der Waals surface area (Å²) in [7, 11) is 0. The van der Waals surface area contributed by atoms with Crippen molar-refractivity contribution >= 4 is 0 Å². The first kappa shape index (κ1) is 11.5. The monoisotopic (exact) mass is 208 g/mol. The topological polar surface area (TPSA) is 0 Å². The fourth-order valence-corrected chi connectivity index (χ4v) is 4.29. The van der Waals surface area contributed by atoms with Gasteiger partial charge in [-0.3, -0.25) is 0 Å². The minimum atomic E-state index is 0.711. The maximum absolute atomic E-state index is 2.57. The van der Waals surface area contributed by atoms with Crippen molar-refractivity contribution in [2.45, 2.75) is 66.2 Å². The summed E-state index contributed by atoms with van der Waals surface area (Å²) in [6.45, 7) is 9.91. The molecule has 2 rings (SSSR count). The second-order valence-electron chi connectivity index (χ2n) is 6.91. The maximum atomic E-state index is 2.57. The van der Waals surface area contributed by atoms with Crippen molar-refractivity contribution in [1.29, 1.82) is 0 Å². The quantitative estimate of drug-likeness (QED) is 0.576. The fraction of sp³-hybridized carbons (Fsp3) is 1.00. The molecule has 0 heterocycles. The lowest BCUT2D eigenvalue weighted by molar-refractivity contribution is -0.00939. The number of hydrogen-bond acceptors (Lipinski definition) is 0. The van der Waals surface area contributed by atoms with E-state index in [1.807, 2.05) is 0 Å². The number of hydrogen-bond donors (Lipinski definition) is 0. The molecule has 0 spiro atoms. The molecule has 2 fully saturated rings. The highest BCUT2D eigenvalue weighted by Crippen LogP contribution is 2.54. The van der Waals surface area contributed by atoms with E-state index in [2.05, 4.69) is 27.7 Å². The molecule has 0 aromatic heterocycles. The minimum absolute atomic E-state index is 0.711. The molecular weight excluding hydrogens is 180 g/mol. The summed E-state index contributed by atoms with van der Waals surface area (Å²) in [5.74, 6) is 3.95. The molecule has 2 aliphatic rings. The average molecular weight is 208 g/mol. The highest BCUT2D eigenvalue weighted by Gasteiger charge is 2.44. The highest BCUT2D eigenvalue weighted by atomic mass is 14.5. The maximum Gasteiger partial charge on any atom is -0.0295 e. The van der Waals surface area contributed by atoms with Gasteiger partial charge in [-0.15, -0.1) is 0 Å². The summed E-state index contributed by atoms with van der Waals surface area (Å²) in [4.78, 5) is 0. The summed E-state index contributed by atoms with van der Waals surface area (Å²) in [5, 5.41) is 0. The molecule has 0 amide bonds. The molecule has 0 heteroatoms. The molecular formula is C15H28. The van der Waals surface area contributed by atoms with Gasteiger partial charge in [-0.25, -0.2) is 0 Å². The zero-order chi connectivity index (χ0) is 11.1. The first-order valence-corrected chi connectivity index (χ1v) is 7.03. The predicted molar refractivity (Wildman–Crippen MR) is 66.8 cm³/mol. The molecule has 88 valence electrons. The van der Waals surface area contributed by atoms with Crippen molar-refractivity contribution in [3.05, 3.63) is 0 Å². The Hall–Kier alpha value is 0. The first-order chi connectivity index (χ1) is 7.03. The van der Waals surface area contributed by atoms with Crippen LogP contribution in [0.2, 0.25) is 0 Å². The van der Waals surface area contributed by atoms with E-state index in [-0.39, 0.29) is 0 Å². The second kappa shape index (κ2) is 4.11. The molecule has 2 saturated carbocycles. The zero-order valence-electron chi connectivity index (χ0n) is 11.1. The van der Waals surface area contributed by atoms with Crippen molar-refractivity contribution < 1.29 is 0 Å². The van der Waals surface area contributed by atoms with Crippen molar-refractivity contribution in [2.24, 2.45) is 29.1 Å². The van der Waals surface area contributed by atoms with Crippen LogP contribution in [0.5, 0.6) is 0 Å². The Labute approximate surface area is 95.8 Å². The molecule has 0 aromatic rings. The lowest BCUT2D eigenvalue weighted by atomic mass is 9.54. The summed E-state index contributed by atoms with van der Waals surface area (Å²) < 4.78 is 0. The molecule has 0 saturated heterocycles. The van der Waals surface area contributed by atoms with Crippen LogP contribution >= 0.6 is 0 Å². The van der Waals surface area contributed by atoms with E-state index in [1.165, 1.54) is 38.5 Å². The molecule has 2 aliphatic carbocycles. The van der Waals surface area contributed by atoms with E-state index in [0.717, 1.165) is 23.7 Å². The molecule has 15 heavy (non-hydrogen) atoms. The summed E-state index contributed by atoms with van der Waals surface area (Å²) >= 11 is 0. The van der Waals surface area contributed by atoms with Crippen LogP contribution < -0.4 is 0 Å². The van der Waals surface area contributed by atoms with E-state index in [9.17, 15) is 0 Å². The summed E-state index contributed by atoms with van der Waals surface area (Å²) in [6, 6.07) is 0. The zero-order valence-corrected chi connectivity index (χ0v) is 11.1. The lowest BCUT2D eigenvalue weighted by Crippen LogP contribution is -2.41. The van der Waals surface area contributed by atoms with Crippen LogP contribution in [-0.2, 0) is 0 Å². The van der Waals surface area contributed by atoms with Crippen LogP contribution in [0.25, 0.3) is 0 Å². The Morgan fingerprint density at radius 2 is 1.87 bits per heavy atom. The smallest absolute Gasteiger partial charge is 0.0295 e. The Morgan fingerprint density at radius 1 is 1.13 bits per heavy atom. The van der Waals surface area contributed by atoms with Crippen LogP contribution in [0.1, 0.15) is 66.2 Å². The number of fused-ring (bicyclic) bond motifs is 1. The predicted octanol–water partition coefficient (Wildman–Crippen LogP) is 4.89. The summed E-state index contributed by atoms with van der Waals surface area (Å²) in [6.07, 6.45) is 9.01. The van der Waals surface area contributed by atoms with E-state index in [0.29, 0.717) is 5.41 Å². The fourth-order valence-electron chi connectivity index (χ4n) is 4.29. The molecule has 4 atom stereocenters. The minimum Gasteiger partial charge on any atom is -0.0625 e. The van der Waals surface area contributed by atoms with Gasteiger partial charge in [0.25, 0.3) is 0 Å². The Bertz CT molecular complexity index is 218. The van der Waals surface area contributed by atoms with Gasteiger partial charge in [-0.1, -0.05) is 40.5 Å². The highest BCUT2D eigenvalue weighted by molar-refractivity contribution is 4.94. The van der Waals surface area contributed by atoms with Gasteiger partial charge < -0.3 is 0 Å². The van der Waals surface area contributed by atoms with Gasteiger partial charge in [0.15, 0.2) is 0 Å². The van der Waals surface area contributed by atoms with Crippen LogP contribution in [0.3, 0.4) is 0 Å². The molecule has 1 unspecified atom stereocenters. The van der Waals surface area contributed by atoms with Crippen LogP contribution in [0.4, 0.5) is 0 Å². The summed E-state index contributed by atoms with van der Waals surface area (Å²) in [5.41, 5.74) is 0.711. The molecule has 0 radical (unpaired) electrons. The van der Waals surface area contributed by atoms with Crippen LogP contribution in [0, 0.1) is 29.1 Å². The van der Waals surface area contributed by atoms with Crippen LogP contribution in [-0.4, -0.2) is 0 Å². The molecule has 0 nitrogen and oxygen atoms in total. The molecule has 0 aliphatic heterocycles. The SMILES string of the molecule is CC(C)C1CC[C@@]2(C)CCC[C@@H](C)[C@H]2C1. The molecule has 0 aromatic carbocycles. The standard InChI is InChI=1S/C15H28/c1-11(2)13-7-9-15(4)8-5-6-12(3)14(15)10-13/h11-14H,5-10H2,1-4H3/t12-,13?,14-,15-/m1/s1. The van der Waals surface area contributed by atoms with Crippen molar-refractivity contribution in [2.75, 3.05) is 0 Å². The van der Waals surface area contributed by atoms with Gasteiger partial charge in [0, 0.05) is 0 Å². The van der Waals surface area contributed by atoms with E-state index in [1.54, 1.807) is 0 Å². The van der Waals surface area contributed by atoms with Gasteiger partial charge in [-0.2, -0.15) is 0 Å². The third-order valence-electron chi connectivity index (χ3n) is 5.58. The molecule has 0 N–H and O–H groups in total. The van der Waals surface area contributed by atoms with Crippen molar-refractivity contribution in [3.8, 4) is 0 Å². The number of rotatable bonds is 1. The van der Waals surface area contributed by atoms with Gasteiger partial charge >= 0.3 is 0 Å². The van der Waals surface area contributed by atoms with Crippen molar-refractivity contribution in [3.63, 3.8) is 0 Å². The van der Waals surface area contributed by atoms with Crippen molar-refractivity contribution in [1.82, 2.24) is 0 Å². The third-order valence-corrected chi connectivity index (χ3v) is 5.58. The van der Waals surface area contributed by atoms with Gasteiger partial charge in [0.2, 0.25) is 0 Å². The van der Waals surface area contributed by atoms with Gasteiger partial charge in [-0.05, 0) is 54.8 Å². The molecule has 0 bridgehead atoms. The Kier molecular flexibility index (Phi) is 3.14. The normalized spacial score (nSPS) is 46.6. The van der Waals surface area contributed by atoms with Gasteiger partial charge in [0.05, 0.1) is 0 Å². The van der Waals surface area contributed by atoms with E-state index in [4.69, 9.17) is 0 Å². The Balaban J connectivity index is 2.09. The largest absolute Gasteiger partial charge is 0.0625 e.